The second-order valence-corrected chi connectivity index (χ2v) is 21.6. The second kappa shape index (κ2) is 67.8. The van der Waals surface area contributed by atoms with Gasteiger partial charge >= 0.3 is 17.9 Å². The van der Waals surface area contributed by atoms with Crippen molar-refractivity contribution in [2.24, 2.45) is 0 Å². The van der Waals surface area contributed by atoms with Crippen LogP contribution in [0, 0.1) is 0 Å². The number of carbonyl (C=O) groups is 3. The minimum Gasteiger partial charge on any atom is -0.462 e. The lowest BCUT2D eigenvalue weighted by atomic mass is 10.0. The highest BCUT2D eigenvalue weighted by Gasteiger charge is 2.19. The highest BCUT2D eigenvalue weighted by atomic mass is 16.6. The van der Waals surface area contributed by atoms with Crippen LogP contribution in [0.3, 0.4) is 0 Å². The second-order valence-electron chi connectivity index (χ2n) is 21.6. The summed E-state index contributed by atoms with van der Waals surface area (Å²) in [5.41, 5.74) is 0. The van der Waals surface area contributed by atoms with Crippen LogP contribution < -0.4 is 0 Å². The van der Waals surface area contributed by atoms with Crippen molar-refractivity contribution in [1.82, 2.24) is 0 Å². The predicted octanol–water partition coefficient (Wildman–Crippen LogP) is 23.1. The monoisotopic (exact) mass is 1120 g/mol. The fraction of sp³-hybridized carbons (Fsp3) is 0.640. The molecule has 0 aliphatic heterocycles. The SMILES string of the molecule is CC/C=C\C/C=C\C/C=C\C/C=C\C/C=C\CC(=O)OCC(COC(=O)CCCCCCCCCCCCCCCCCC/C=C\C/C=C\C/C=C\CCCCCCC)OC(=O)CCCCCC/C=C\C/C=C\C/C=C\C/C=C\CC. The summed E-state index contributed by atoms with van der Waals surface area (Å²) >= 11 is 0. The lowest BCUT2D eigenvalue weighted by Crippen LogP contribution is -2.30. The molecule has 458 valence electrons. The van der Waals surface area contributed by atoms with E-state index in [9.17, 15) is 14.4 Å². The third kappa shape index (κ3) is 66.0. The minimum absolute atomic E-state index is 0.116. The van der Waals surface area contributed by atoms with E-state index in [0.717, 1.165) is 122 Å². The number of ether oxygens (including phenoxy) is 3. The smallest absolute Gasteiger partial charge is 0.309 e. The molecule has 6 nitrogen and oxygen atoms in total. The molecule has 0 saturated heterocycles. The molecule has 0 aromatic heterocycles. The van der Waals surface area contributed by atoms with Gasteiger partial charge in [0.05, 0.1) is 6.42 Å². The molecule has 0 heterocycles. The largest absolute Gasteiger partial charge is 0.462 e. The van der Waals surface area contributed by atoms with Gasteiger partial charge in [0.1, 0.15) is 13.2 Å². The van der Waals surface area contributed by atoms with Gasteiger partial charge in [-0.1, -0.05) is 295 Å². The zero-order valence-corrected chi connectivity index (χ0v) is 52.5. The molecular weight excluding hydrogens is 997 g/mol. The van der Waals surface area contributed by atoms with Crippen LogP contribution in [-0.2, 0) is 28.6 Å². The van der Waals surface area contributed by atoms with Gasteiger partial charge in [-0.2, -0.15) is 0 Å². The summed E-state index contributed by atoms with van der Waals surface area (Å²) in [6.45, 7) is 6.30. The quantitative estimate of drug-likeness (QED) is 0.0261. The Morgan fingerprint density at radius 3 is 0.864 bits per heavy atom. The number of hydrogen-bond acceptors (Lipinski definition) is 6. The fourth-order valence-corrected chi connectivity index (χ4v) is 8.93. The van der Waals surface area contributed by atoms with E-state index in [0.29, 0.717) is 6.42 Å². The van der Waals surface area contributed by atoms with Crippen LogP contribution in [0.4, 0.5) is 0 Å². The Labute approximate surface area is 499 Å². The van der Waals surface area contributed by atoms with Gasteiger partial charge in [-0.15, -0.1) is 0 Å². The number of rotatable bonds is 59. The first-order valence-electron chi connectivity index (χ1n) is 33.3. The lowest BCUT2D eigenvalue weighted by molar-refractivity contribution is -0.166. The molecule has 0 radical (unpaired) electrons. The topological polar surface area (TPSA) is 78.9 Å². The van der Waals surface area contributed by atoms with Gasteiger partial charge in [0.15, 0.2) is 6.10 Å². The highest BCUT2D eigenvalue weighted by Crippen LogP contribution is 2.16. The maximum absolute atomic E-state index is 12.9. The van der Waals surface area contributed by atoms with E-state index in [4.69, 9.17) is 14.2 Å². The van der Waals surface area contributed by atoms with E-state index < -0.39 is 12.1 Å². The molecule has 0 amide bonds. The summed E-state index contributed by atoms with van der Waals surface area (Å²) in [5, 5.41) is 0. The molecule has 0 aliphatic rings. The van der Waals surface area contributed by atoms with Crippen LogP contribution in [0.25, 0.3) is 0 Å². The van der Waals surface area contributed by atoms with Gasteiger partial charge in [0, 0.05) is 12.8 Å². The molecule has 0 aromatic carbocycles. The zero-order valence-electron chi connectivity index (χ0n) is 52.5. The lowest BCUT2D eigenvalue weighted by Gasteiger charge is -2.18. The Morgan fingerprint density at radius 2 is 0.531 bits per heavy atom. The molecule has 0 fully saturated rings. The molecule has 0 bridgehead atoms. The van der Waals surface area contributed by atoms with Gasteiger partial charge < -0.3 is 14.2 Å². The highest BCUT2D eigenvalue weighted by molar-refractivity contribution is 5.72. The summed E-state index contributed by atoms with van der Waals surface area (Å²) in [6, 6.07) is 0. The predicted molar refractivity (Wildman–Crippen MR) is 352 cm³/mol. The third-order valence-electron chi connectivity index (χ3n) is 13.8. The first-order chi connectivity index (χ1) is 40.0. The first-order valence-corrected chi connectivity index (χ1v) is 33.3. The molecule has 0 aromatic rings. The van der Waals surface area contributed by atoms with Crippen LogP contribution in [-0.4, -0.2) is 37.2 Å². The standard InChI is InChI=1S/C75H122O6/c1-4-7-10-13-16-19-22-25-28-30-31-32-33-34-35-36-37-38-39-40-41-42-43-45-47-50-53-56-59-62-65-68-74(77)80-71-72(70-79-73(76)67-64-61-58-55-52-49-46-27-24-21-18-15-12-9-6-3)81-75(78)69-66-63-60-57-54-51-48-44-29-26-23-20-17-14-11-8-5-2/h8-9,11-12,17-18,20-22,25-27,29-31,33-34,46,48,51-52,55,61,64,72H,4-7,10,13-16,19,23-24,28,32,35-45,47,49-50,53-54,56-60,62-63,65-71H2,1-3H3/b11-8-,12-9-,20-17-,21-18-,25-22-,29-26-,31-30-,34-33-,46-27-,51-48-,55-52-,64-61-. The van der Waals surface area contributed by atoms with E-state index in [1.807, 2.05) is 6.08 Å². The van der Waals surface area contributed by atoms with Crippen LogP contribution >= 0.6 is 0 Å². The van der Waals surface area contributed by atoms with Crippen molar-refractivity contribution < 1.29 is 28.6 Å². The molecule has 0 rings (SSSR count). The molecule has 0 spiro atoms. The normalized spacial score (nSPS) is 13.1. The van der Waals surface area contributed by atoms with Crippen molar-refractivity contribution in [3.63, 3.8) is 0 Å². The summed E-state index contributed by atoms with van der Waals surface area (Å²) in [4.78, 5) is 38.3. The average Bonchev–Trinajstić information content (AvgIpc) is 3.47. The van der Waals surface area contributed by atoms with Gasteiger partial charge in [0.25, 0.3) is 0 Å². The molecular formula is C75H122O6. The summed E-state index contributed by atoms with van der Waals surface area (Å²) in [5.74, 6) is -1.08. The van der Waals surface area contributed by atoms with Crippen LogP contribution in [0.1, 0.15) is 290 Å². The van der Waals surface area contributed by atoms with Crippen LogP contribution in [0.5, 0.6) is 0 Å². The Hall–Kier alpha value is -4.71. The van der Waals surface area contributed by atoms with Crippen LogP contribution in [0.2, 0.25) is 0 Å². The molecule has 0 saturated carbocycles. The summed E-state index contributed by atoms with van der Waals surface area (Å²) < 4.78 is 16.8. The van der Waals surface area contributed by atoms with E-state index in [-0.39, 0.29) is 38.0 Å². The molecule has 0 aliphatic carbocycles. The number of hydrogen-bond donors (Lipinski definition) is 0. The third-order valence-corrected chi connectivity index (χ3v) is 13.8. The van der Waals surface area contributed by atoms with Crippen molar-refractivity contribution in [2.75, 3.05) is 13.2 Å². The molecule has 81 heavy (non-hydrogen) atoms. The van der Waals surface area contributed by atoms with Crippen molar-refractivity contribution in [2.45, 2.75) is 297 Å². The fourth-order valence-electron chi connectivity index (χ4n) is 8.93. The minimum atomic E-state index is -0.838. The van der Waals surface area contributed by atoms with E-state index in [1.54, 1.807) is 6.08 Å². The molecule has 6 heteroatoms. The van der Waals surface area contributed by atoms with Crippen molar-refractivity contribution >= 4 is 17.9 Å². The molecule has 1 atom stereocenters. The maximum Gasteiger partial charge on any atom is 0.309 e. The van der Waals surface area contributed by atoms with Gasteiger partial charge in [-0.3, -0.25) is 14.4 Å². The Morgan fingerprint density at radius 1 is 0.272 bits per heavy atom. The number of allylic oxidation sites excluding steroid dienone is 23. The Kier molecular flexibility index (Phi) is 63.9. The van der Waals surface area contributed by atoms with E-state index in [1.165, 1.54) is 128 Å². The van der Waals surface area contributed by atoms with Crippen molar-refractivity contribution in [3.05, 3.63) is 146 Å². The number of esters is 3. The van der Waals surface area contributed by atoms with Gasteiger partial charge in [-0.25, -0.2) is 0 Å². The Bertz CT molecular complexity index is 1760. The van der Waals surface area contributed by atoms with Crippen molar-refractivity contribution in [1.29, 1.82) is 0 Å². The van der Waals surface area contributed by atoms with Crippen LogP contribution in [0.15, 0.2) is 146 Å². The number of carbonyl (C=O) groups excluding carboxylic acids is 3. The van der Waals surface area contributed by atoms with E-state index in [2.05, 4.69) is 154 Å². The maximum atomic E-state index is 12.9. The van der Waals surface area contributed by atoms with Gasteiger partial charge in [0.2, 0.25) is 0 Å². The summed E-state index contributed by atoms with van der Waals surface area (Å²) in [7, 11) is 0. The van der Waals surface area contributed by atoms with E-state index >= 15 is 0 Å². The first kappa shape index (κ1) is 76.3. The van der Waals surface area contributed by atoms with Gasteiger partial charge in [-0.05, 0) is 122 Å². The molecule has 1 unspecified atom stereocenters. The molecule has 0 N–H and O–H groups in total. The zero-order chi connectivity index (χ0) is 58.5. The van der Waals surface area contributed by atoms with Crippen molar-refractivity contribution in [3.8, 4) is 0 Å². The number of unbranched alkanes of at least 4 members (excludes halogenated alkanes) is 25. The Balaban J connectivity index is 4.34. The summed E-state index contributed by atoms with van der Waals surface area (Å²) in [6.07, 6.45) is 97.6. The average molecular weight is 1120 g/mol.